The van der Waals surface area contributed by atoms with Crippen LogP contribution >= 0.6 is 0 Å². The third-order valence-corrected chi connectivity index (χ3v) is 4.40. The summed E-state index contributed by atoms with van der Waals surface area (Å²) in [5.74, 6) is 0.680. The SMILES string of the molecule is C=C(C1C=Cc2ccccc21)C1C=Cc2ccccc21. The Bertz CT molecular complexity index is 683. The van der Waals surface area contributed by atoms with E-state index in [0.717, 1.165) is 0 Å². The molecule has 0 heterocycles. The van der Waals surface area contributed by atoms with E-state index in [1.165, 1.54) is 27.8 Å². The summed E-state index contributed by atoms with van der Waals surface area (Å²) < 4.78 is 0. The maximum absolute atomic E-state index is 4.41. The van der Waals surface area contributed by atoms with Crippen molar-refractivity contribution in [2.45, 2.75) is 11.8 Å². The highest BCUT2D eigenvalue weighted by molar-refractivity contribution is 5.69. The summed E-state index contributed by atoms with van der Waals surface area (Å²) in [7, 11) is 0. The summed E-state index contributed by atoms with van der Waals surface area (Å²) in [5, 5.41) is 0. The van der Waals surface area contributed by atoms with Gasteiger partial charge in [-0.3, -0.25) is 0 Å². The highest BCUT2D eigenvalue weighted by atomic mass is 14.3. The van der Waals surface area contributed by atoms with Crippen LogP contribution in [0.15, 0.2) is 72.8 Å². The minimum Gasteiger partial charge on any atom is -0.0980 e. The minimum absolute atomic E-state index is 0.340. The first kappa shape index (κ1) is 11.5. The van der Waals surface area contributed by atoms with E-state index >= 15 is 0 Å². The maximum Gasteiger partial charge on any atom is 0.0244 e. The molecule has 0 heteroatoms. The first-order valence-corrected chi connectivity index (χ1v) is 7.07. The molecular weight excluding hydrogens is 240 g/mol. The Hall–Kier alpha value is -2.34. The van der Waals surface area contributed by atoms with Crippen LogP contribution in [0.4, 0.5) is 0 Å². The fourth-order valence-corrected chi connectivity index (χ4v) is 3.34. The smallest absolute Gasteiger partial charge is 0.0244 e. The average Bonchev–Trinajstić information content (AvgIpc) is 3.11. The lowest BCUT2D eigenvalue weighted by Crippen LogP contribution is -2.05. The summed E-state index contributed by atoms with van der Waals surface area (Å²) in [5.41, 5.74) is 6.70. The molecule has 0 radical (unpaired) electrons. The monoisotopic (exact) mass is 256 g/mol. The molecule has 2 aromatic carbocycles. The fourth-order valence-electron chi connectivity index (χ4n) is 3.34. The van der Waals surface area contributed by atoms with Gasteiger partial charge in [0.25, 0.3) is 0 Å². The minimum atomic E-state index is 0.340. The van der Waals surface area contributed by atoms with Crippen LogP contribution in [0.5, 0.6) is 0 Å². The normalized spacial score (nSPS) is 21.8. The molecule has 0 saturated heterocycles. The lowest BCUT2D eigenvalue weighted by atomic mass is 9.83. The van der Waals surface area contributed by atoms with Gasteiger partial charge in [-0.15, -0.1) is 0 Å². The molecule has 0 spiro atoms. The predicted octanol–water partition coefficient (Wildman–Crippen LogP) is 5.16. The molecule has 0 amide bonds. The number of hydrogen-bond donors (Lipinski definition) is 0. The fraction of sp³-hybridized carbons (Fsp3) is 0.100. The molecule has 0 saturated carbocycles. The van der Waals surface area contributed by atoms with Crippen molar-refractivity contribution in [1.82, 2.24) is 0 Å². The second kappa shape index (κ2) is 4.35. The Morgan fingerprint density at radius 2 is 1.15 bits per heavy atom. The molecular formula is C20H16. The first-order valence-electron chi connectivity index (χ1n) is 7.07. The van der Waals surface area contributed by atoms with Gasteiger partial charge in [0.2, 0.25) is 0 Å². The van der Waals surface area contributed by atoms with Crippen molar-refractivity contribution in [3.63, 3.8) is 0 Å². The van der Waals surface area contributed by atoms with Crippen molar-refractivity contribution in [2.75, 3.05) is 0 Å². The average molecular weight is 256 g/mol. The number of hydrogen-bond acceptors (Lipinski definition) is 0. The van der Waals surface area contributed by atoms with Crippen LogP contribution in [0.2, 0.25) is 0 Å². The lowest BCUT2D eigenvalue weighted by Gasteiger charge is -2.20. The zero-order valence-electron chi connectivity index (χ0n) is 11.3. The molecule has 2 atom stereocenters. The summed E-state index contributed by atoms with van der Waals surface area (Å²) in [4.78, 5) is 0. The largest absolute Gasteiger partial charge is 0.0980 e. The molecule has 2 aromatic rings. The van der Waals surface area contributed by atoms with Gasteiger partial charge in [-0.2, -0.15) is 0 Å². The standard InChI is InChI=1S/C20H16/c1-14(17-12-10-15-6-2-4-8-19(15)17)18-13-11-16-7-3-5-9-20(16)18/h2-13,17-18H,1H2. The number of rotatable bonds is 2. The van der Waals surface area contributed by atoms with Gasteiger partial charge in [0, 0.05) is 11.8 Å². The van der Waals surface area contributed by atoms with Gasteiger partial charge >= 0.3 is 0 Å². The molecule has 0 nitrogen and oxygen atoms in total. The molecule has 0 aromatic heterocycles. The van der Waals surface area contributed by atoms with E-state index in [1.807, 2.05) is 0 Å². The van der Waals surface area contributed by atoms with Crippen LogP contribution in [-0.4, -0.2) is 0 Å². The van der Waals surface area contributed by atoms with E-state index in [2.05, 4.69) is 79.4 Å². The molecule has 0 fully saturated rings. The van der Waals surface area contributed by atoms with Crippen molar-refractivity contribution >= 4 is 12.2 Å². The Balaban J connectivity index is 1.71. The number of fused-ring (bicyclic) bond motifs is 2. The molecule has 0 bridgehead atoms. The van der Waals surface area contributed by atoms with Gasteiger partial charge < -0.3 is 0 Å². The van der Waals surface area contributed by atoms with E-state index in [9.17, 15) is 0 Å². The molecule has 2 unspecified atom stereocenters. The van der Waals surface area contributed by atoms with Gasteiger partial charge in [0.15, 0.2) is 0 Å². The topological polar surface area (TPSA) is 0 Å². The van der Waals surface area contributed by atoms with Crippen LogP contribution in [0.25, 0.3) is 12.2 Å². The van der Waals surface area contributed by atoms with E-state index in [4.69, 9.17) is 0 Å². The Kier molecular flexibility index (Phi) is 2.50. The highest BCUT2D eigenvalue weighted by Gasteiger charge is 2.27. The van der Waals surface area contributed by atoms with E-state index in [1.54, 1.807) is 0 Å². The Labute approximate surface area is 119 Å². The molecule has 0 N–H and O–H groups in total. The second-order valence-electron chi connectivity index (χ2n) is 5.51. The van der Waals surface area contributed by atoms with E-state index in [0.29, 0.717) is 11.8 Å². The van der Waals surface area contributed by atoms with Crippen LogP contribution < -0.4 is 0 Å². The van der Waals surface area contributed by atoms with E-state index < -0.39 is 0 Å². The van der Waals surface area contributed by atoms with Crippen LogP contribution in [0, 0.1) is 0 Å². The quantitative estimate of drug-likeness (QED) is 0.651. The molecule has 2 aliphatic carbocycles. The Morgan fingerprint density at radius 3 is 1.65 bits per heavy atom. The zero-order valence-corrected chi connectivity index (χ0v) is 11.3. The third-order valence-electron chi connectivity index (χ3n) is 4.40. The van der Waals surface area contributed by atoms with Gasteiger partial charge in [0.1, 0.15) is 0 Å². The Morgan fingerprint density at radius 1 is 0.700 bits per heavy atom. The predicted molar refractivity (Wildman–Crippen MR) is 85.6 cm³/mol. The number of benzene rings is 2. The third kappa shape index (κ3) is 1.61. The van der Waals surface area contributed by atoms with Crippen molar-refractivity contribution in [2.24, 2.45) is 0 Å². The van der Waals surface area contributed by atoms with Gasteiger partial charge in [-0.05, 0) is 22.3 Å². The molecule has 2 aliphatic rings. The van der Waals surface area contributed by atoms with Crippen molar-refractivity contribution in [3.8, 4) is 0 Å². The summed E-state index contributed by atoms with van der Waals surface area (Å²) >= 11 is 0. The lowest BCUT2D eigenvalue weighted by molar-refractivity contribution is 0.885. The summed E-state index contributed by atoms with van der Waals surface area (Å²) in [6, 6.07) is 17.2. The van der Waals surface area contributed by atoms with E-state index in [-0.39, 0.29) is 0 Å². The zero-order chi connectivity index (χ0) is 13.5. The summed E-state index contributed by atoms with van der Waals surface area (Å²) in [6.07, 6.45) is 9.00. The van der Waals surface area contributed by atoms with Crippen molar-refractivity contribution in [1.29, 1.82) is 0 Å². The van der Waals surface area contributed by atoms with Gasteiger partial charge in [0.05, 0.1) is 0 Å². The van der Waals surface area contributed by atoms with Crippen LogP contribution in [0.1, 0.15) is 34.1 Å². The van der Waals surface area contributed by atoms with Crippen molar-refractivity contribution < 1.29 is 0 Å². The van der Waals surface area contributed by atoms with Gasteiger partial charge in [-0.25, -0.2) is 0 Å². The molecule has 96 valence electrons. The first-order chi connectivity index (χ1) is 9.84. The maximum atomic E-state index is 4.41. The van der Waals surface area contributed by atoms with Crippen molar-refractivity contribution in [3.05, 3.63) is 95.1 Å². The number of allylic oxidation sites excluding steroid dienone is 3. The van der Waals surface area contributed by atoms with Crippen LogP contribution in [0.3, 0.4) is 0 Å². The molecule has 4 rings (SSSR count). The van der Waals surface area contributed by atoms with Crippen LogP contribution in [-0.2, 0) is 0 Å². The van der Waals surface area contributed by atoms with Gasteiger partial charge in [-0.1, -0.05) is 85.0 Å². The second-order valence-corrected chi connectivity index (χ2v) is 5.51. The highest BCUT2D eigenvalue weighted by Crippen LogP contribution is 2.44. The summed E-state index contributed by atoms with van der Waals surface area (Å²) in [6.45, 7) is 4.41. The molecule has 0 aliphatic heterocycles. The molecule has 20 heavy (non-hydrogen) atoms.